The first-order chi connectivity index (χ1) is 13.1. The Labute approximate surface area is 154 Å². The Kier molecular flexibility index (Phi) is 4.49. The van der Waals surface area contributed by atoms with Crippen molar-refractivity contribution in [2.24, 2.45) is 0 Å². The van der Waals surface area contributed by atoms with Crippen molar-refractivity contribution in [3.8, 4) is 11.5 Å². The van der Waals surface area contributed by atoms with Gasteiger partial charge in [0.2, 0.25) is 17.7 Å². The van der Waals surface area contributed by atoms with Crippen molar-refractivity contribution in [3.05, 3.63) is 36.7 Å². The molecule has 3 heterocycles. The summed E-state index contributed by atoms with van der Waals surface area (Å²) in [5.74, 6) is 0.327. The molecule has 0 bridgehead atoms. The summed E-state index contributed by atoms with van der Waals surface area (Å²) in [4.78, 5) is 36.2. The summed E-state index contributed by atoms with van der Waals surface area (Å²) in [6, 6.07) is 7.45. The number of hydrogen-bond acceptors (Lipinski definition) is 6. The van der Waals surface area contributed by atoms with Gasteiger partial charge in [0.1, 0.15) is 13.2 Å². The van der Waals surface area contributed by atoms with Crippen LogP contribution in [0.3, 0.4) is 0 Å². The van der Waals surface area contributed by atoms with Crippen molar-refractivity contribution in [2.45, 2.75) is 25.5 Å². The highest BCUT2D eigenvalue weighted by Crippen LogP contribution is 2.31. The zero-order valence-corrected chi connectivity index (χ0v) is 14.5. The molecule has 0 spiro atoms. The topological polar surface area (TPSA) is 103 Å². The third-order valence-electron chi connectivity index (χ3n) is 4.33. The number of fused-ring (bicyclic) bond motifs is 1. The molecule has 9 nitrogen and oxygen atoms in total. The van der Waals surface area contributed by atoms with Gasteiger partial charge in [-0.25, -0.2) is 0 Å². The number of carbonyl (C=O) groups excluding carboxylic acids is 3. The maximum atomic E-state index is 12.1. The van der Waals surface area contributed by atoms with E-state index in [0.29, 0.717) is 30.3 Å². The van der Waals surface area contributed by atoms with Crippen LogP contribution >= 0.6 is 0 Å². The average Bonchev–Trinajstić information content (AvgIpc) is 3.22. The Morgan fingerprint density at radius 2 is 1.93 bits per heavy atom. The molecule has 27 heavy (non-hydrogen) atoms. The van der Waals surface area contributed by atoms with E-state index in [-0.39, 0.29) is 37.3 Å². The van der Waals surface area contributed by atoms with E-state index in [1.165, 1.54) is 6.20 Å². The number of nitrogens with zero attached hydrogens (tertiary/aromatic N) is 3. The van der Waals surface area contributed by atoms with E-state index in [1.54, 1.807) is 10.9 Å². The number of ether oxygens (including phenoxy) is 2. The van der Waals surface area contributed by atoms with Crippen LogP contribution in [0.1, 0.15) is 12.8 Å². The molecule has 1 atom stereocenters. The van der Waals surface area contributed by atoms with Crippen LogP contribution in [0.4, 0.5) is 5.69 Å². The predicted molar refractivity (Wildman–Crippen MR) is 93.2 cm³/mol. The molecule has 0 aliphatic carbocycles. The monoisotopic (exact) mass is 370 g/mol. The van der Waals surface area contributed by atoms with Crippen LogP contribution in [0.15, 0.2) is 36.7 Å². The van der Waals surface area contributed by atoms with Gasteiger partial charge in [0.25, 0.3) is 0 Å². The van der Waals surface area contributed by atoms with E-state index < -0.39 is 5.91 Å². The minimum absolute atomic E-state index is 0.163. The van der Waals surface area contributed by atoms with Crippen molar-refractivity contribution in [1.82, 2.24) is 14.7 Å². The van der Waals surface area contributed by atoms with E-state index >= 15 is 0 Å². The van der Waals surface area contributed by atoms with E-state index in [4.69, 9.17) is 9.47 Å². The summed E-state index contributed by atoms with van der Waals surface area (Å²) in [7, 11) is 0. The van der Waals surface area contributed by atoms with Crippen molar-refractivity contribution in [3.63, 3.8) is 0 Å². The highest BCUT2D eigenvalue weighted by molar-refractivity contribution is 6.06. The SMILES string of the molecule is O=C(CN1C(=O)CCC1=O)Nc1cnn(C[C@H]2COc3ccccc3O2)c1. The van der Waals surface area contributed by atoms with Crippen molar-refractivity contribution in [1.29, 1.82) is 0 Å². The number of carbonyl (C=O) groups is 3. The molecule has 1 aromatic carbocycles. The zero-order chi connectivity index (χ0) is 18.8. The fourth-order valence-corrected chi connectivity index (χ4v) is 3.03. The average molecular weight is 370 g/mol. The number of anilines is 1. The summed E-state index contributed by atoms with van der Waals surface area (Å²) >= 11 is 0. The molecule has 0 saturated carbocycles. The molecule has 1 fully saturated rings. The molecule has 0 unspecified atom stereocenters. The lowest BCUT2D eigenvalue weighted by atomic mass is 10.2. The number of para-hydroxylation sites is 2. The molecule has 140 valence electrons. The number of imide groups is 1. The first kappa shape index (κ1) is 17.1. The largest absolute Gasteiger partial charge is 0.486 e. The molecule has 2 aromatic rings. The highest BCUT2D eigenvalue weighted by atomic mass is 16.6. The van der Waals surface area contributed by atoms with Gasteiger partial charge in [0.05, 0.1) is 18.4 Å². The smallest absolute Gasteiger partial charge is 0.244 e. The van der Waals surface area contributed by atoms with E-state index in [1.807, 2.05) is 24.3 Å². The van der Waals surface area contributed by atoms with Crippen LogP contribution in [-0.2, 0) is 20.9 Å². The number of nitrogens with one attached hydrogen (secondary N) is 1. The molecule has 4 rings (SSSR count). The lowest BCUT2D eigenvalue weighted by Gasteiger charge is -2.26. The first-order valence-electron chi connectivity index (χ1n) is 8.62. The Balaban J connectivity index is 1.32. The fourth-order valence-electron chi connectivity index (χ4n) is 3.03. The molecular weight excluding hydrogens is 352 g/mol. The molecule has 2 aliphatic rings. The fraction of sp³-hybridized carbons (Fsp3) is 0.333. The van der Waals surface area contributed by atoms with Gasteiger partial charge in [-0.1, -0.05) is 12.1 Å². The van der Waals surface area contributed by atoms with E-state index in [9.17, 15) is 14.4 Å². The van der Waals surface area contributed by atoms with Gasteiger partial charge in [0.15, 0.2) is 17.6 Å². The maximum absolute atomic E-state index is 12.1. The second-order valence-electron chi connectivity index (χ2n) is 6.37. The minimum Gasteiger partial charge on any atom is -0.486 e. The molecule has 3 amide bonds. The van der Waals surface area contributed by atoms with Crippen molar-refractivity contribution < 1.29 is 23.9 Å². The van der Waals surface area contributed by atoms with Gasteiger partial charge >= 0.3 is 0 Å². The van der Waals surface area contributed by atoms with Gasteiger partial charge < -0.3 is 14.8 Å². The van der Waals surface area contributed by atoms with Crippen LogP contribution < -0.4 is 14.8 Å². The summed E-state index contributed by atoms with van der Waals surface area (Å²) < 4.78 is 13.2. The van der Waals surface area contributed by atoms with Crippen LogP contribution in [0.2, 0.25) is 0 Å². The second-order valence-corrected chi connectivity index (χ2v) is 6.37. The van der Waals surface area contributed by atoms with Crippen LogP contribution in [0.25, 0.3) is 0 Å². The Morgan fingerprint density at radius 1 is 1.19 bits per heavy atom. The molecular formula is C18H18N4O5. The Bertz CT molecular complexity index is 877. The van der Waals surface area contributed by atoms with E-state index in [2.05, 4.69) is 10.4 Å². The molecule has 9 heteroatoms. The number of hydrogen-bond donors (Lipinski definition) is 1. The van der Waals surface area contributed by atoms with Crippen molar-refractivity contribution in [2.75, 3.05) is 18.5 Å². The highest BCUT2D eigenvalue weighted by Gasteiger charge is 2.30. The summed E-state index contributed by atoms with van der Waals surface area (Å²) in [5, 5.41) is 6.84. The van der Waals surface area contributed by atoms with Gasteiger partial charge in [-0.15, -0.1) is 0 Å². The quantitative estimate of drug-likeness (QED) is 0.782. The minimum atomic E-state index is -0.440. The lowest BCUT2D eigenvalue weighted by Crippen LogP contribution is -2.36. The van der Waals surface area contributed by atoms with Crippen LogP contribution in [0, 0.1) is 0 Å². The summed E-state index contributed by atoms with van der Waals surface area (Å²) in [6.07, 6.45) is 3.29. The zero-order valence-electron chi connectivity index (χ0n) is 14.5. The third kappa shape index (κ3) is 3.76. The number of benzene rings is 1. The Hall–Kier alpha value is -3.36. The van der Waals surface area contributed by atoms with Crippen LogP contribution in [-0.4, -0.2) is 51.7 Å². The molecule has 1 aromatic heterocycles. The van der Waals surface area contributed by atoms with Gasteiger partial charge in [-0.05, 0) is 12.1 Å². The maximum Gasteiger partial charge on any atom is 0.244 e. The Morgan fingerprint density at radius 3 is 2.70 bits per heavy atom. The predicted octanol–water partition coefficient (Wildman–Crippen LogP) is 0.811. The third-order valence-corrected chi connectivity index (χ3v) is 4.33. The number of amides is 3. The number of aromatic nitrogens is 2. The number of likely N-dealkylation sites (tertiary alicyclic amines) is 1. The number of rotatable bonds is 5. The standard InChI is InChI=1S/C18H18N4O5/c23-16(10-22-17(24)5-6-18(22)25)20-12-7-19-21(8-12)9-13-11-26-14-3-1-2-4-15(14)27-13/h1-4,7-8,13H,5-6,9-11H2,(H,20,23)/t13-/m0/s1. The molecule has 0 radical (unpaired) electrons. The first-order valence-corrected chi connectivity index (χ1v) is 8.62. The molecule has 2 aliphatic heterocycles. The van der Waals surface area contributed by atoms with Gasteiger partial charge in [0, 0.05) is 19.0 Å². The normalized spacial score (nSPS) is 18.7. The van der Waals surface area contributed by atoms with Gasteiger partial charge in [-0.2, -0.15) is 5.10 Å². The van der Waals surface area contributed by atoms with Crippen LogP contribution in [0.5, 0.6) is 11.5 Å². The molecule has 1 saturated heterocycles. The van der Waals surface area contributed by atoms with E-state index in [0.717, 1.165) is 4.90 Å². The molecule has 1 N–H and O–H groups in total. The van der Waals surface area contributed by atoms with Crippen molar-refractivity contribution >= 4 is 23.4 Å². The van der Waals surface area contributed by atoms with Gasteiger partial charge in [-0.3, -0.25) is 24.0 Å². The summed E-state index contributed by atoms with van der Waals surface area (Å²) in [5.41, 5.74) is 0.483. The summed E-state index contributed by atoms with van der Waals surface area (Å²) in [6.45, 7) is 0.574. The second kappa shape index (κ2) is 7.10. The lowest BCUT2D eigenvalue weighted by molar-refractivity contribution is -0.141.